The molecular weight excluding hydrogens is 433 g/mol. The fourth-order valence-electron chi connectivity index (χ4n) is 3.77. The van der Waals surface area contributed by atoms with Gasteiger partial charge in [0, 0.05) is 52.4 Å². The van der Waals surface area contributed by atoms with Gasteiger partial charge >= 0.3 is 0 Å². The molecule has 31 heavy (non-hydrogen) atoms. The summed E-state index contributed by atoms with van der Waals surface area (Å²) in [6.07, 6.45) is 5.51. The van der Waals surface area contributed by atoms with Crippen LogP contribution in [-0.2, 0) is 16.1 Å². The van der Waals surface area contributed by atoms with Gasteiger partial charge in [0.05, 0.1) is 6.10 Å². The molecule has 0 saturated carbocycles. The van der Waals surface area contributed by atoms with Crippen LogP contribution in [0, 0.1) is 11.3 Å². The smallest absolute Gasteiger partial charge is 0.262 e. The summed E-state index contributed by atoms with van der Waals surface area (Å²) in [6, 6.07) is 15.3. The summed E-state index contributed by atoms with van der Waals surface area (Å²) < 4.78 is 7.58. The average Bonchev–Trinajstić information content (AvgIpc) is 3.41. The molecule has 1 amide bonds. The molecular formula is C24H21Cl2N3O2. The van der Waals surface area contributed by atoms with E-state index < -0.39 is 5.91 Å². The molecule has 0 aliphatic carbocycles. The van der Waals surface area contributed by atoms with Crippen molar-refractivity contribution in [3.63, 3.8) is 0 Å². The molecule has 1 saturated heterocycles. The van der Waals surface area contributed by atoms with Gasteiger partial charge in [-0.25, -0.2) is 0 Å². The van der Waals surface area contributed by atoms with E-state index in [0.29, 0.717) is 23.1 Å². The van der Waals surface area contributed by atoms with Crippen LogP contribution in [0.5, 0.6) is 0 Å². The number of carbonyl (C=O) groups excluding carboxylic acids is 1. The second-order valence-electron chi connectivity index (χ2n) is 7.48. The number of fused-ring (bicyclic) bond motifs is 1. The second kappa shape index (κ2) is 9.57. The first-order valence-electron chi connectivity index (χ1n) is 10.1. The van der Waals surface area contributed by atoms with Crippen LogP contribution in [0.4, 0.5) is 0 Å². The van der Waals surface area contributed by atoms with Gasteiger partial charge in [-0.15, -0.1) is 0 Å². The molecule has 3 aromatic rings. The fourth-order valence-corrected chi connectivity index (χ4v) is 4.23. The Morgan fingerprint density at radius 1 is 1.29 bits per heavy atom. The van der Waals surface area contributed by atoms with Crippen LogP contribution in [0.3, 0.4) is 0 Å². The van der Waals surface area contributed by atoms with Crippen LogP contribution >= 0.6 is 23.2 Å². The Morgan fingerprint density at radius 2 is 2.13 bits per heavy atom. The van der Waals surface area contributed by atoms with Gasteiger partial charge in [-0.05, 0) is 42.7 Å². The minimum absolute atomic E-state index is 0.0231. The fraction of sp³-hybridized carbons (Fsp3) is 0.250. The Kier molecular flexibility index (Phi) is 6.62. The average molecular weight is 454 g/mol. The highest BCUT2D eigenvalue weighted by molar-refractivity contribution is 6.35. The first kappa shape index (κ1) is 21.5. The van der Waals surface area contributed by atoms with E-state index in [9.17, 15) is 10.1 Å². The van der Waals surface area contributed by atoms with Gasteiger partial charge in [0.15, 0.2) is 0 Å². The van der Waals surface area contributed by atoms with Gasteiger partial charge in [-0.2, -0.15) is 5.26 Å². The van der Waals surface area contributed by atoms with Crippen molar-refractivity contribution in [2.45, 2.75) is 25.5 Å². The topological polar surface area (TPSA) is 67.0 Å². The molecule has 0 unspecified atom stereocenters. The van der Waals surface area contributed by atoms with Gasteiger partial charge in [0.1, 0.15) is 11.6 Å². The summed E-state index contributed by atoms with van der Waals surface area (Å²) in [5.41, 5.74) is 2.77. The largest absolute Gasteiger partial charge is 0.376 e. The van der Waals surface area contributed by atoms with Crippen LogP contribution in [0.15, 0.2) is 54.2 Å². The number of benzene rings is 2. The first-order chi connectivity index (χ1) is 15.0. The number of rotatable bonds is 6. The quantitative estimate of drug-likeness (QED) is 0.411. The third-order valence-electron chi connectivity index (χ3n) is 5.35. The standard InChI is InChI=1S/C24H21Cl2N3O2/c25-19-8-7-16(22(26)11-19)14-29-15-18(21-5-1-2-6-23(21)29)10-17(12-27)24(30)28-13-20-4-3-9-31-20/h1-2,5-8,10-11,15,20H,3-4,9,13-14H2,(H,28,30)/b17-10-/t20-/m1/s1. The van der Waals surface area contributed by atoms with E-state index >= 15 is 0 Å². The van der Waals surface area contributed by atoms with E-state index in [4.69, 9.17) is 27.9 Å². The van der Waals surface area contributed by atoms with Gasteiger partial charge < -0.3 is 14.6 Å². The highest BCUT2D eigenvalue weighted by atomic mass is 35.5. The number of hydrogen-bond donors (Lipinski definition) is 1. The maximum atomic E-state index is 12.6. The Balaban J connectivity index is 1.62. The maximum Gasteiger partial charge on any atom is 0.262 e. The monoisotopic (exact) mass is 453 g/mol. The minimum Gasteiger partial charge on any atom is -0.376 e. The number of nitrogens with one attached hydrogen (secondary N) is 1. The zero-order chi connectivity index (χ0) is 21.8. The zero-order valence-corrected chi connectivity index (χ0v) is 18.3. The number of nitrogens with zero attached hydrogens (tertiary/aromatic N) is 2. The molecule has 5 nitrogen and oxygen atoms in total. The molecule has 1 aliphatic rings. The third kappa shape index (κ3) is 4.94. The molecule has 0 bridgehead atoms. The second-order valence-corrected chi connectivity index (χ2v) is 8.32. The van der Waals surface area contributed by atoms with Crippen LogP contribution in [0.1, 0.15) is 24.0 Å². The van der Waals surface area contributed by atoms with Crippen molar-refractivity contribution >= 4 is 46.1 Å². The molecule has 0 radical (unpaired) electrons. The van der Waals surface area contributed by atoms with E-state index in [2.05, 4.69) is 9.88 Å². The highest BCUT2D eigenvalue weighted by Gasteiger charge is 2.18. The number of aromatic nitrogens is 1. The molecule has 2 aromatic carbocycles. The number of nitriles is 1. The lowest BCUT2D eigenvalue weighted by molar-refractivity contribution is -0.117. The number of hydrogen-bond acceptors (Lipinski definition) is 3. The van der Waals surface area contributed by atoms with Crippen molar-refractivity contribution in [3.8, 4) is 6.07 Å². The van der Waals surface area contributed by atoms with E-state index in [1.165, 1.54) is 0 Å². The molecule has 1 aromatic heterocycles. The van der Waals surface area contributed by atoms with Crippen molar-refractivity contribution in [2.75, 3.05) is 13.2 Å². The van der Waals surface area contributed by atoms with Crippen LogP contribution < -0.4 is 5.32 Å². The van der Waals surface area contributed by atoms with Crippen molar-refractivity contribution in [1.82, 2.24) is 9.88 Å². The van der Waals surface area contributed by atoms with E-state index in [-0.39, 0.29) is 11.7 Å². The molecule has 1 N–H and O–H groups in total. The van der Waals surface area contributed by atoms with Gasteiger partial charge in [-0.1, -0.05) is 47.5 Å². The molecule has 1 aliphatic heterocycles. The van der Waals surface area contributed by atoms with E-state index in [0.717, 1.165) is 41.5 Å². The van der Waals surface area contributed by atoms with Crippen LogP contribution in [0.25, 0.3) is 17.0 Å². The number of para-hydroxylation sites is 1. The minimum atomic E-state index is -0.393. The maximum absolute atomic E-state index is 12.6. The van der Waals surface area contributed by atoms with Gasteiger partial charge in [0.2, 0.25) is 0 Å². The predicted octanol–water partition coefficient (Wildman–Crippen LogP) is 5.20. The normalized spacial score (nSPS) is 16.4. The molecule has 7 heteroatoms. The summed E-state index contributed by atoms with van der Waals surface area (Å²) in [7, 11) is 0. The summed E-state index contributed by atoms with van der Waals surface area (Å²) in [6.45, 7) is 1.67. The van der Waals surface area contributed by atoms with Crippen molar-refractivity contribution in [2.24, 2.45) is 0 Å². The SMILES string of the molecule is N#C/C(=C/c1cn(Cc2ccc(Cl)cc2Cl)c2ccccc12)C(=O)NC[C@H]1CCCO1. The lowest BCUT2D eigenvalue weighted by Gasteiger charge is -2.10. The van der Waals surface area contributed by atoms with Crippen molar-refractivity contribution < 1.29 is 9.53 Å². The Bertz CT molecular complexity index is 1190. The van der Waals surface area contributed by atoms with Gasteiger partial charge in [0.25, 0.3) is 5.91 Å². The molecule has 0 spiro atoms. The van der Waals surface area contributed by atoms with E-state index in [1.807, 2.05) is 48.7 Å². The van der Waals surface area contributed by atoms with Crippen molar-refractivity contribution in [3.05, 3.63) is 75.4 Å². The third-order valence-corrected chi connectivity index (χ3v) is 5.94. The van der Waals surface area contributed by atoms with Gasteiger partial charge in [-0.3, -0.25) is 4.79 Å². The number of ether oxygens (including phenoxy) is 1. The summed E-state index contributed by atoms with van der Waals surface area (Å²) in [4.78, 5) is 12.6. The zero-order valence-electron chi connectivity index (χ0n) is 16.8. The van der Waals surface area contributed by atoms with E-state index in [1.54, 1.807) is 12.1 Å². The molecule has 4 rings (SSSR count). The lowest BCUT2D eigenvalue weighted by Crippen LogP contribution is -2.32. The highest BCUT2D eigenvalue weighted by Crippen LogP contribution is 2.27. The molecule has 1 fully saturated rings. The summed E-state index contributed by atoms with van der Waals surface area (Å²) >= 11 is 12.4. The Morgan fingerprint density at radius 3 is 2.87 bits per heavy atom. The summed E-state index contributed by atoms with van der Waals surface area (Å²) in [5.74, 6) is -0.393. The lowest BCUT2D eigenvalue weighted by atomic mass is 10.1. The number of amides is 1. The number of halogens is 2. The predicted molar refractivity (Wildman–Crippen MR) is 123 cm³/mol. The Labute approximate surface area is 190 Å². The van der Waals surface area contributed by atoms with Crippen molar-refractivity contribution in [1.29, 1.82) is 5.26 Å². The van der Waals surface area contributed by atoms with Crippen LogP contribution in [-0.4, -0.2) is 29.7 Å². The van der Waals surface area contributed by atoms with Crippen LogP contribution in [0.2, 0.25) is 10.0 Å². The summed E-state index contributed by atoms with van der Waals surface area (Å²) in [5, 5.41) is 14.5. The first-order valence-corrected chi connectivity index (χ1v) is 10.8. The molecule has 158 valence electrons. The molecule has 1 atom stereocenters. The number of carbonyl (C=O) groups is 1. The Hall–Kier alpha value is -2.78. The molecule has 2 heterocycles.